The molecule has 0 saturated carbocycles. The highest BCUT2D eigenvalue weighted by molar-refractivity contribution is 5.85. The maximum atomic E-state index is 13.0. The first-order chi connectivity index (χ1) is 10.8. The Hall–Kier alpha value is -1.06. The van der Waals surface area contributed by atoms with Crippen molar-refractivity contribution in [1.82, 2.24) is 10.2 Å². The van der Waals surface area contributed by atoms with Crippen molar-refractivity contribution < 1.29 is 4.79 Å². The Kier molecular flexibility index (Phi) is 6.91. The molecule has 23 heavy (non-hydrogen) atoms. The van der Waals surface area contributed by atoms with E-state index in [1.54, 1.807) is 0 Å². The number of nitrogens with zero attached hydrogens (tertiary/aromatic N) is 1. The predicted molar refractivity (Wildman–Crippen MR) is 97.1 cm³/mol. The van der Waals surface area contributed by atoms with Crippen LogP contribution < -0.4 is 5.32 Å². The summed E-state index contributed by atoms with van der Waals surface area (Å²) in [6.07, 6.45) is 5.42. The number of carbonyl (C=O) groups is 1. The van der Waals surface area contributed by atoms with Crippen LogP contribution in [0, 0.1) is 5.92 Å². The van der Waals surface area contributed by atoms with Gasteiger partial charge in [-0.15, -0.1) is 12.4 Å². The van der Waals surface area contributed by atoms with Crippen molar-refractivity contribution in [3.05, 3.63) is 35.9 Å². The lowest BCUT2D eigenvalue weighted by atomic mass is 9.87. The Labute approximate surface area is 146 Å². The summed E-state index contributed by atoms with van der Waals surface area (Å²) in [5.41, 5.74) is 1.39. The molecule has 1 N–H and O–H groups in total. The number of hydrogen-bond donors (Lipinski definition) is 1. The molecule has 2 atom stereocenters. The van der Waals surface area contributed by atoms with Gasteiger partial charge in [0.25, 0.3) is 0 Å². The van der Waals surface area contributed by atoms with E-state index in [0.717, 1.165) is 51.7 Å². The molecule has 3 rings (SSSR count). The molecule has 2 aliphatic heterocycles. The Morgan fingerprint density at radius 3 is 2.57 bits per heavy atom. The van der Waals surface area contributed by atoms with E-state index < -0.39 is 0 Å². The number of benzene rings is 1. The second kappa shape index (κ2) is 8.70. The van der Waals surface area contributed by atoms with Gasteiger partial charge in [-0.05, 0) is 50.8 Å². The van der Waals surface area contributed by atoms with Gasteiger partial charge in [-0.1, -0.05) is 37.3 Å². The normalized spacial score (nSPS) is 23.3. The standard InChI is InChI=1S/C19H28N2O.ClH/c1-2-17(15-7-4-3-5-8-15)18-9-6-14-21(18)19(22)16-10-12-20-13-11-16;/h3-5,7-8,16-18,20H,2,6,9-14H2,1H3;1H. The van der Waals surface area contributed by atoms with Crippen molar-refractivity contribution in [2.75, 3.05) is 19.6 Å². The monoisotopic (exact) mass is 336 g/mol. The molecule has 2 heterocycles. The number of hydrogen-bond acceptors (Lipinski definition) is 2. The topological polar surface area (TPSA) is 32.3 Å². The number of rotatable bonds is 4. The van der Waals surface area contributed by atoms with Gasteiger partial charge < -0.3 is 10.2 Å². The molecule has 0 radical (unpaired) electrons. The van der Waals surface area contributed by atoms with E-state index in [1.165, 1.54) is 5.56 Å². The summed E-state index contributed by atoms with van der Waals surface area (Å²) in [7, 11) is 0. The molecule has 3 nitrogen and oxygen atoms in total. The number of halogens is 1. The van der Waals surface area contributed by atoms with Crippen molar-refractivity contribution in [1.29, 1.82) is 0 Å². The molecule has 2 aliphatic rings. The fourth-order valence-electron chi connectivity index (χ4n) is 4.22. The third-order valence-electron chi connectivity index (χ3n) is 5.40. The van der Waals surface area contributed by atoms with E-state index in [2.05, 4.69) is 47.5 Å². The van der Waals surface area contributed by atoms with Crippen LogP contribution in [0.2, 0.25) is 0 Å². The van der Waals surface area contributed by atoms with Crippen molar-refractivity contribution in [2.45, 2.75) is 51.0 Å². The molecule has 4 heteroatoms. The van der Waals surface area contributed by atoms with Gasteiger partial charge in [0.15, 0.2) is 0 Å². The lowest BCUT2D eigenvalue weighted by molar-refractivity contribution is -0.137. The number of amides is 1. The molecule has 0 aliphatic carbocycles. The van der Waals surface area contributed by atoms with Crippen LogP contribution in [0.25, 0.3) is 0 Å². The van der Waals surface area contributed by atoms with Gasteiger partial charge in [-0.3, -0.25) is 4.79 Å². The van der Waals surface area contributed by atoms with Crippen molar-refractivity contribution >= 4 is 18.3 Å². The molecular formula is C19H29ClN2O. The summed E-state index contributed by atoms with van der Waals surface area (Å²) < 4.78 is 0. The summed E-state index contributed by atoms with van der Waals surface area (Å²) in [6.45, 7) is 5.19. The highest BCUT2D eigenvalue weighted by Crippen LogP contribution is 2.35. The Morgan fingerprint density at radius 1 is 1.22 bits per heavy atom. The lowest BCUT2D eigenvalue weighted by Gasteiger charge is -2.35. The zero-order chi connectivity index (χ0) is 15.4. The molecule has 0 spiro atoms. The van der Waals surface area contributed by atoms with Crippen LogP contribution in [-0.4, -0.2) is 36.5 Å². The van der Waals surface area contributed by atoms with Crippen LogP contribution >= 0.6 is 12.4 Å². The van der Waals surface area contributed by atoms with Gasteiger partial charge in [-0.25, -0.2) is 0 Å². The van der Waals surface area contributed by atoms with Crippen LogP contribution in [0.1, 0.15) is 50.5 Å². The first-order valence-corrected chi connectivity index (χ1v) is 8.87. The largest absolute Gasteiger partial charge is 0.339 e. The van der Waals surface area contributed by atoms with Gasteiger partial charge in [0.05, 0.1) is 0 Å². The van der Waals surface area contributed by atoms with Crippen LogP contribution in [0.5, 0.6) is 0 Å². The summed E-state index contributed by atoms with van der Waals surface area (Å²) in [5.74, 6) is 1.14. The summed E-state index contributed by atoms with van der Waals surface area (Å²) in [4.78, 5) is 15.2. The molecule has 128 valence electrons. The van der Waals surface area contributed by atoms with Crippen LogP contribution in [0.4, 0.5) is 0 Å². The Bertz CT molecular complexity index is 487. The van der Waals surface area contributed by atoms with Crippen LogP contribution in [-0.2, 0) is 4.79 Å². The van der Waals surface area contributed by atoms with Gasteiger partial charge >= 0.3 is 0 Å². The maximum absolute atomic E-state index is 13.0. The number of piperidine rings is 1. The second-order valence-electron chi connectivity index (χ2n) is 6.69. The van der Waals surface area contributed by atoms with E-state index in [1.807, 2.05) is 0 Å². The van der Waals surface area contributed by atoms with Gasteiger partial charge in [-0.2, -0.15) is 0 Å². The predicted octanol–water partition coefficient (Wildman–Crippen LogP) is 3.59. The Morgan fingerprint density at radius 2 is 1.91 bits per heavy atom. The Balaban J connectivity index is 0.00000192. The van der Waals surface area contributed by atoms with Crippen molar-refractivity contribution in [3.63, 3.8) is 0 Å². The molecule has 2 saturated heterocycles. The average Bonchev–Trinajstić information content (AvgIpc) is 3.06. The minimum Gasteiger partial charge on any atom is -0.339 e. The smallest absolute Gasteiger partial charge is 0.226 e. The minimum absolute atomic E-state index is 0. The van der Waals surface area contributed by atoms with E-state index in [4.69, 9.17) is 0 Å². The van der Waals surface area contributed by atoms with Crippen LogP contribution in [0.3, 0.4) is 0 Å². The number of likely N-dealkylation sites (tertiary alicyclic amines) is 1. The summed E-state index contributed by atoms with van der Waals surface area (Å²) in [5, 5.41) is 3.36. The van der Waals surface area contributed by atoms with Gasteiger partial charge in [0, 0.05) is 24.4 Å². The van der Waals surface area contributed by atoms with Crippen molar-refractivity contribution in [3.8, 4) is 0 Å². The SMILES string of the molecule is CCC(c1ccccc1)C1CCCN1C(=O)C1CCNCC1.Cl. The zero-order valence-corrected chi connectivity index (χ0v) is 14.9. The number of nitrogens with one attached hydrogen (secondary N) is 1. The number of carbonyl (C=O) groups excluding carboxylic acids is 1. The average molecular weight is 337 g/mol. The highest BCUT2D eigenvalue weighted by Gasteiger charge is 2.37. The highest BCUT2D eigenvalue weighted by atomic mass is 35.5. The first-order valence-electron chi connectivity index (χ1n) is 8.87. The fourth-order valence-corrected chi connectivity index (χ4v) is 4.22. The quantitative estimate of drug-likeness (QED) is 0.911. The maximum Gasteiger partial charge on any atom is 0.226 e. The zero-order valence-electron chi connectivity index (χ0n) is 14.0. The molecule has 1 aromatic carbocycles. The molecule has 1 aromatic rings. The third kappa shape index (κ3) is 4.07. The van der Waals surface area contributed by atoms with E-state index in [0.29, 0.717) is 17.9 Å². The molecule has 2 unspecified atom stereocenters. The molecule has 2 fully saturated rings. The lowest BCUT2D eigenvalue weighted by Crippen LogP contribution is -2.45. The van der Waals surface area contributed by atoms with Gasteiger partial charge in [0.1, 0.15) is 0 Å². The van der Waals surface area contributed by atoms with Gasteiger partial charge in [0.2, 0.25) is 5.91 Å². The third-order valence-corrected chi connectivity index (χ3v) is 5.40. The minimum atomic E-state index is 0. The molecule has 0 bridgehead atoms. The molecule has 1 amide bonds. The molecule has 0 aromatic heterocycles. The fraction of sp³-hybridized carbons (Fsp3) is 0.632. The van der Waals surface area contributed by atoms with E-state index in [-0.39, 0.29) is 18.3 Å². The summed E-state index contributed by atoms with van der Waals surface area (Å²) in [6, 6.07) is 11.1. The van der Waals surface area contributed by atoms with E-state index >= 15 is 0 Å². The van der Waals surface area contributed by atoms with Crippen molar-refractivity contribution in [2.24, 2.45) is 5.92 Å². The first kappa shape index (κ1) is 18.3. The molecular weight excluding hydrogens is 308 g/mol. The summed E-state index contributed by atoms with van der Waals surface area (Å²) >= 11 is 0. The van der Waals surface area contributed by atoms with Crippen LogP contribution in [0.15, 0.2) is 30.3 Å². The van der Waals surface area contributed by atoms with E-state index in [9.17, 15) is 4.79 Å². The second-order valence-corrected chi connectivity index (χ2v) is 6.69.